The lowest BCUT2D eigenvalue weighted by molar-refractivity contribution is -0.121. The minimum absolute atomic E-state index is 0.0136. The lowest BCUT2D eigenvalue weighted by Gasteiger charge is -2.20. The Labute approximate surface area is 148 Å². The zero-order valence-electron chi connectivity index (χ0n) is 14.1. The van der Waals surface area contributed by atoms with Gasteiger partial charge in [0, 0.05) is 17.4 Å². The van der Waals surface area contributed by atoms with E-state index >= 15 is 0 Å². The van der Waals surface area contributed by atoms with Gasteiger partial charge in [-0.15, -0.1) is 0 Å². The smallest absolute Gasteiger partial charge is 0.252 e. The van der Waals surface area contributed by atoms with Crippen LogP contribution in [0.5, 0.6) is 0 Å². The number of benzene rings is 1. The molecule has 1 fully saturated rings. The summed E-state index contributed by atoms with van der Waals surface area (Å²) in [4.78, 5) is 24.0. The van der Waals surface area contributed by atoms with E-state index in [4.69, 9.17) is 0 Å². The Hall–Kier alpha value is -1.49. The van der Waals surface area contributed by atoms with Crippen molar-refractivity contribution in [2.24, 2.45) is 0 Å². The number of nitrogens with one attached hydrogen (secondary N) is 2. The lowest BCUT2D eigenvalue weighted by atomic mass is 10.0. The Kier molecular flexibility index (Phi) is 6.18. The molecule has 1 aromatic carbocycles. The van der Waals surface area contributed by atoms with Gasteiger partial charge in [-0.05, 0) is 36.6 Å². The first kappa shape index (κ1) is 17.3. The number of carbonyl (C=O) groups excluding carboxylic acids is 2. The summed E-state index contributed by atoms with van der Waals surface area (Å²) in [5.41, 5.74) is 1.63. The molecular formula is C19H26N2O2S. The van der Waals surface area contributed by atoms with E-state index in [1.165, 1.54) is 32.1 Å². The highest BCUT2D eigenvalue weighted by Gasteiger charge is 2.29. The number of carbonyl (C=O) groups is 2. The van der Waals surface area contributed by atoms with Crippen LogP contribution in [0.3, 0.4) is 0 Å². The molecule has 2 amide bonds. The molecule has 0 aromatic heterocycles. The van der Waals surface area contributed by atoms with E-state index in [1.54, 1.807) is 0 Å². The highest BCUT2D eigenvalue weighted by atomic mass is 32.2. The first-order chi connectivity index (χ1) is 11.7. The quantitative estimate of drug-likeness (QED) is 0.744. The van der Waals surface area contributed by atoms with Gasteiger partial charge in [0.25, 0.3) is 5.91 Å². The molecule has 1 unspecified atom stereocenters. The molecule has 1 aromatic rings. The van der Waals surface area contributed by atoms with Crippen molar-refractivity contribution < 1.29 is 9.59 Å². The van der Waals surface area contributed by atoms with E-state index in [1.807, 2.05) is 24.3 Å². The van der Waals surface area contributed by atoms with E-state index in [0.29, 0.717) is 12.0 Å². The molecule has 1 aliphatic heterocycles. The first-order valence-electron chi connectivity index (χ1n) is 9.02. The third-order valence-electron chi connectivity index (χ3n) is 4.82. The maximum Gasteiger partial charge on any atom is 0.252 e. The number of amides is 2. The Bertz CT molecular complexity index is 584. The minimum Gasteiger partial charge on any atom is -0.356 e. The normalized spacial score (nSPS) is 20.5. The zero-order valence-corrected chi connectivity index (χ0v) is 14.9. The van der Waals surface area contributed by atoms with Gasteiger partial charge in [-0.1, -0.05) is 37.5 Å². The van der Waals surface area contributed by atoms with Crippen LogP contribution in [0.15, 0.2) is 24.3 Å². The van der Waals surface area contributed by atoms with Gasteiger partial charge >= 0.3 is 0 Å². The molecule has 1 aliphatic carbocycles. The number of thioether (sulfide) groups is 1. The van der Waals surface area contributed by atoms with Gasteiger partial charge in [0.05, 0.1) is 12.5 Å². The molecule has 3 rings (SSSR count). The van der Waals surface area contributed by atoms with Crippen LogP contribution < -0.4 is 10.6 Å². The fourth-order valence-corrected chi connectivity index (χ4v) is 4.83. The Morgan fingerprint density at radius 1 is 1.21 bits per heavy atom. The SMILES string of the molecule is O=C(CC1NC(=O)c2ccccc21)NCCCSC1CCCCC1. The number of rotatable bonds is 7. The predicted octanol–water partition coefficient (Wildman–Crippen LogP) is 3.43. The maximum atomic E-state index is 12.1. The second-order valence-electron chi connectivity index (χ2n) is 6.65. The molecular weight excluding hydrogens is 320 g/mol. The highest BCUT2D eigenvalue weighted by Crippen LogP contribution is 2.29. The fourth-order valence-electron chi connectivity index (χ4n) is 3.52. The molecule has 1 atom stereocenters. The van der Waals surface area contributed by atoms with Gasteiger partial charge in [0.15, 0.2) is 0 Å². The molecule has 0 bridgehead atoms. The van der Waals surface area contributed by atoms with Crippen molar-refractivity contribution in [2.75, 3.05) is 12.3 Å². The van der Waals surface area contributed by atoms with E-state index < -0.39 is 0 Å². The second-order valence-corrected chi connectivity index (χ2v) is 8.06. The summed E-state index contributed by atoms with van der Waals surface area (Å²) in [5, 5.41) is 6.71. The Balaban J connectivity index is 1.34. The molecule has 1 heterocycles. The van der Waals surface area contributed by atoms with Gasteiger partial charge in [0.1, 0.15) is 0 Å². The van der Waals surface area contributed by atoms with E-state index in [0.717, 1.165) is 29.5 Å². The molecule has 2 N–H and O–H groups in total. The van der Waals surface area contributed by atoms with Crippen molar-refractivity contribution in [3.8, 4) is 0 Å². The average molecular weight is 346 g/mol. The van der Waals surface area contributed by atoms with Crippen molar-refractivity contribution in [1.82, 2.24) is 10.6 Å². The molecule has 24 heavy (non-hydrogen) atoms. The second kappa shape index (κ2) is 8.56. The van der Waals surface area contributed by atoms with Crippen LogP contribution in [-0.4, -0.2) is 29.4 Å². The monoisotopic (exact) mass is 346 g/mol. The van der Waals surface area contributed by atoms with Gasteiger partial charge in [0.2, 0.25) is 5.91 Å². The fraction of sp³-hybridized carbons (Fsp3) is 0.579. The van der Waals surface area contributed by atoms with Gasteiger partial charge in [-0.2, -0.15) is 11.8 Å². The molecule has 1 saturated carbocycles. The summed E-state index contributed by atoms with van der Waals surface area (Å²) in [6.45, 7) is 0.723. The van der Waals surface area contributed by atoms with Gasteiger partial charge in [-0.3, -0.25) is 9.59 Å². The Morgan fingerprint density at radius 2 is 2.00 bits per heavy atom. The highest BCUT2D eigenvalue weighted by molar-refractivity contribution is 7.99. The Morgan fingerprint density at radius 3 is 2.83 bits per heavy atom. The molecule has 4 nitrogen and oxygen atoms in total. The van der Waals surface area contributed by atoms with Crippen molar-refractivity contribution >= 4 is 23.6 Å². The van der Waals surface area contributed by atoms with Crippen LogP contribution in [0.25, 0.3) is 0 Å². The van der Waals surface area contributed by atoms with Gasteiger partial charge in [-0.25, -0.2) is 0 Å². The maximum absolute atomic E-state index is 12.1. The van der Waals surface area contributed by atoms with Gasteiger partial charge < -0.3 is 10.6 Å². The van der Waals surface area contributed by atoms with Crippen LogP contribution in [0.4, 0.5) is 0 Å². The van der Waals surface area contributed by atoms with Crippen LogP contribution in [0.1, 0.15) is 66.9 Å². The van der Waals surface area contributed by atoms with E-state index in [2.05, 4.69) is 22.4 Å². The molecule has 130 valence electrons. The number of hydrogen-bond acceptors (Lipinski definition) is 3. The van der Waals surface area contributed by atoms with Crippen LogP contribution >= 0.6 is 11.8 Å². The first-order valence-corrected chi connectivity index (χ1v) is 10.1. The summed E-state index contributed by atoms with van der Waals surface area (Å²) < 4.78 is 0. The molecule has 0 saturated heterocycles. The summed E-state index contributed by atoms with van der Waals surface area (Å²) >= 11 is 2.06. The largest absolute Gasteiger partial charge is 0.356 e. The third kappa shape index (κ3) is 4.53. The third-order valence-corrected chi connectivity index (χ3v) is 6.29. The topological polar surface area (TPSA) is 58.2 Å². The zero-order chi connectivity index (χ0) is 16.8. The standard InChI is InChI=1S/C19H26N2O2S/c22-18(20-11-6-12-24-14-7-2-1-3-8-14)13-17-15-9-4-5-10-16(15)19(23)21-17/h4-5,9-10,14,17H,1-3,6-8,11-13H2,(H,20,22)(H,21,23). The van der Waals surface area contributed by atoms with Crippen molar-refractivity contribution in [3.63, 3.8) is 0 Å². The van der Waals surface area contributed by atoms with Crippen LogP contribution in [0.2, 0.25) is 0 Å². The van der Waals surface area contributed by atoms with E-state index in [9.17, 15) is 9.59 Å². The van der Waals surface area contributed by atoms with Crippen LogP contribution in [0, 0.1) is 0 Å². The molecule has 5 heteroatoms. The summed E-state index contributed by atoms with van der Waals surface area (Å²) in [7, 11) is 0. The molecule has 0 radical (unpaired) electrons. The average Bonchev–Trinajstić information content (AvgIpc) is 2.92. The molecule has 0 spiro atoms. The predicted molar refractivity (Wildman–Crippen MR) is 98.2 cm³/mol. The van der Waals surface area contributed by atoms with Crippen molar-refractivity contribution in [1.29, 1.82) is 0 Å². The van der Waals surface area contributed by atoms with E-state index in [-0.39, 0.29) is 17.9 Å². The van der Waals surface area contributed by atoms with Crippen LogP contribution in [-0.2, 0) is 4.79 Å². The minimum atomic E-state index is -0.190. The summed E-state index contributed by atoms with van der Waals surface area (Å²) in [5.74, 6) is 1.06. The summed E-state index contributed by atoms with van der Waals surface area (Å²) in [6.07, 6.45) is 8.20. The number of fused-ring (bicyclic) bond motifs is 1. The van der Waals surface area contributed by atoms with Crippen molar-refractivity contribution in [2.45, 2.75) is 56.2 Å². The lowest BCUT2D eigenvalue weighted by Crippen LogP contribution is -2.30. The number of hydrogen-bond donors (Lipinski definition) is 2. The van der Waals surface area contributed by atoms with Crippen molar-refractivity contribution in [3.05, 3.63) is 35.4 Å². The molecule has 2 aliphatic rings. The summed E-state index contributed by atoms with van der Waals surface area (Å²) in [6, 6.07) is 7.30.